The van der Waals surface area contributed by atoms with E-state index in [1.54, 1.807) is 13.1 Å². The SMILES string of the molecule is Cc1nnc(-c2ccccn2)nn1. The highest BCUT2D eigenvalue weighted by molar-refractivity contribution is 5.46. The minimum atomic E-state index is 0.450. The summed E-state index contributed by atoms with van der Waals surface area (Å²) in [6, 6.07) is 5.51. The molecule has 0 unspecified atom stereocenters. The standard InChI is InChI=1S/C8H7N5/c1-6-10-12-8(13-11-6)7-4-2-3-5-9-7/h2-5H,1H3. The van der Waals surface area contributed by atoms with Gasteiger partial charge in [-0.05, 0) is 19.1 Å². The Kier molecular flexibility index (Phi) is 1.91. The molecule has 2 aromatic rings. The van der Waals surface area contributed by atoms with Crippen LogP contribution in [0.2, 0.25) is 0 Å². The van der Waals surface area contributed by atoms with E-state index in [0.717, 1.165) is 0 Å². The topological polar surface area (TPSA) is 64.5 Å². The van der Waals surface area contributed by atoms with Crippen molar-refractivity contribution in [3.8, 4) is 11.5 Å². The average Bonchev–Trinajstić information content (AvgIpc) is 2.20. The van der Waals surface area contributed by atoms with Gasteiger partial charge in [-0.15, -0.1) is 20.4 Å². The summed E-state index contributed by atoms with van der Waals surface area (Å²) >= 11 is 0. The first kappa shape index (κ1) is 7.72. The second-order valence-corrected chi connectivity index (χ2v) is 2.49. The molecule has 0 amide bonds. The van der Waals surface area contributed by atoms with Gasteiger partial charge in [0.2, 0.25) is 5.82 Å². The lowest BCUT2D eigenvalue weighted by molar-refractivity contribution is 0.812. The number of hydrogen-bond acceptors (Lipinski definition) is 5. The summed E-state index contributed by atoms with van der Waals surface area (Å²) in [6.45, 7) is 1.74. The number of aryl methyl sites for hydroxylation is 1. The van der Waals surface area contributed by atoms with Crippen LogP contribution in [0.15, 0.2) is 24.4 Å². The highest BCUT2D eigenvalue weighted by Gasteiger charge is 2.01. The molecule has 0 radical (unpaired) electrons. The smallest absolute Gasteiger partial charge is 0.221 e. The fourth-order valence-electron chi connectivity index (χ4n) is 0.877. The molecule has 13 heavy (non-hydrogen) atoms. The van der Waals surface area contributed by atoms with Gasteiger partial charge in [0, 0.05) is 6.20 Å². The summed E-state index contributed by atoms with van der Waals surface area (Å²) in [5, 5.41) is 15.3. The number of rotatable bonds is 1. The maximum Gasteiger partial charge on any atom is 0.221 e. The minimum Gasteiger partial charge on any atom is -0.253 e. The third-order valence-electron chi connectivity index (χ3n) is 1.47. The molecule has 0 bridgehead atoms. The summed E-state index contributed by atoms with van der Waals surface area (Å²) in [6.07, 6.45) is 1.68. The molecule has 5 nitrogen and oxygen atoms in total. The average molecular weight is 173 g/mol. The predicted molar refractivity (Wildman–Crippen MR) is 45.6 cm³/mol. The van der Waals surface area contributed by atoms with Crippen LogP contribution in [0, 0.1) is 6.92 Å². The zero-order valence-electron chi connectivity index (χ0n) is 7.05. The van der Waals surface area contributed by atoms with E-state index < -0.39 is 0 Å². The highest BCUT2D eigenvalue weighted by atomic mass is 15.3. The molecule has 0 aliphatic rings. The van der Waals surface area contributed by atoms with Crippen LogP contribution in [0.3, 0.4) is 0 Å². The van der Waals surface area contributed by atoms with Gasteiger partial charge < -0.3 is 0 Å². The van der Waals surface area contributed by atoms with Crippen LogP contribution in [0.25, 0.3) is 11.5 Å². The van der Waals surface area contributed by atoms with Crippen molar-refractivity contribution in [1.29, 1.82) is 0 Å². The predicted octanol–water partition coefficient (Wildman–Crippen LogP) is 0.637. The fourth-order valence-corrected chi connectivity index (χ4v) is 0.877. The Hall–Kier alpha value is -1.91. The maximum absolute atomic E-state index is 4.07. The van der Waals surface area contributed by atoms with Crippen LogP contribution >= 0.6 is 0 Å². The Labute approximate surface area is 74.9 Å². The third-order valence-corrected chi connectivity index (χ3v) is 1.47. The van der Waals surface area contributed by atoms with Crippen LogP contribution in [-0.4, -0.2) is 25.4 Å². The van der Waals surface area contributed by atoms with Crippen LogP contribution in [0.5, 0.6) is 0 Å². The zero-order valence-corrected chi connectivity index (χ0v) is 7.05. The summed E-state index contributed by atoms with van der Waals surface area (Å²) in [4.78, 5) is 4.07. The lowest BCUT2D eigenvalue weighted by Crippen LogP contribution is -1.99. The van der Waals surface area contributed by atoms with Crippen molar-refractivity contribution in [2.75, 3.05) is 0 Å². The Balaban J connectivity index is 2.42. The van der Waals surface area contributed by atoms with Gasteiger partial charge in [-0.1, -0.05) is 6.07 Å². The molecule has 2 aromatic heterocycles. The zero-order chi connectivity index (χ0) is 9.10. The maximum atomic E-state index is 4.07. The van der Waals surface area contributed by atoms with Crippen LogP contribution in [0.1, 0.15) is 5.82 Å². The quantitative estimate of drug-likeness (QED) is 0.633. The van der Waals surface area contributed by atoms with E-state index in [4.69, 9.17) is 0 Å². The number of pyridine rings is 1. The van der Waals surface area contributed by atoms with Gasteiger partial charge in [0.25, 0.3) is 0 Å². The van der Waals surface area contributed by atoms with Gasteiger partial charge in [0.15, 0.2) is 5.82 Å². The van der Waals surface area contributed by atoms with Gasteiger partial charge in [0.1, 0.15) is 5.69 Å². The van der Waals surface area contributed by atoms with Crippen molar-refractivity contribution < 1.29 is 0 Å². The van der Waals surface area contributed by atoms with Crippen LogP contribution in [-0.2, 0) is 0 Å². The van der Waals surface area contributed by atoms with Crippen LogP contribution < -0.4 is 0 Å². The molecule has 0 saturated carbocycles. The van der Waals surface area contributed by atoms with E-state index >= 15 is 0 Å². The molecule has 0 N–H and O–H groups in total. The van der Waals surface area contributed by atoms with E-state index in [2.05, 4.69) is 25.4 Å². The molecule has 0 spiro atoms. The summed E-state index contributed by atoms with van der Waals surface area (Å²) in [5.74, 6) is 1.01. The third kappa shape index (κ3) is 1.64. The summed E-state index contributed by atoms with van der Waals surface area (Å²) in [5.41, 5.74) is 0.683. The second kappa shape index (κ2) is 3.22. The molecule has 2 rings (SSSR count). The first-order chi connectivity index (χ1) is 6.36. The summed E-state index contributed by atoms with van der Waals surface area (Å²) < 4.78 is 0. The Bertz CT molecular complexity index is 383. The van der Waals surface area contributed by atoms with Crippen molar-refractivity contribution in [2.24, 2.45) is 0 Å². The van der Waals surface area contributed by atoms with Gasteiger partial charge in [-0.3, -0.25) is 4.98 Å². The Morgan fingerprint density at radius 1 is 1.00 bits per heavy atom. The molecular weight excluding hydrogens is 166 g/mol. The first-order valence-electron chi connectivity index (χ1n) is 3.81. The van der Waals surface area contributed by atoms with Gasteiger partial charge in [0.05, 0.1) is 0 Å². The molecule has 0 fully saturated rings. The van der Waals surface area contributed by atoms with E-state index in [9.17, 15) is 0 Å². The molecule has 0 atom stereocenters. The normalized spacial score (nSPS) is 9.92. The number of aromatic nitrogens is 5. The van der Waals surface area contributed by atoms with Crippen molar-refractivity contribution >= 4 is 0 Å². The van der Waals surface area contributed by atoms with Gasteiger partial charge in [-0.2, -0.15) is 0 Å². The molecule has 0 aliphatic carbocycles. The highest BCUT2D eigenvalue weighted by Crippen LogP contribution is 2.06. The largest absolute Gasteiger partial charge is 0.253 e. The summed E-state index contributed by atoms with van der Waals surface area (Å²) in [7, 11) is 0. The lowest BCUT2D eigenvalue weighted by atomic mass is 10.3. The number of nitrogens with zero attached hydrogens (tertiary/aromatic N) is 5. The van der Waals surface area contributed by atoms with E-state index in [1.165, 1.54) is 0 Å². The van der Waals surface area contributed by atoms with E-state index in [-0.39, 0.29) is 0 Å². The molecular formula is C8H7N5. The molecule has 64 valence electrons. The second-order valence-electron chi connectivity index (χ2n) is 2.49. The minimum absolute atomic E-state index is 0.450. The fraction of sp³-hybridized carbons (Fsp3) is 0.125. The molecule has 0 aromatic carbocycles. The number of hydrogen-bond donors (Lipinski definition) is 0. The molecule has 0 saturated heterocycles. The molecule has 0 aliphatic heterocycles. The Morgan fingerprint density at radius 3 is 2.38 bits per heavy atom. The van der Waals surface area contributed by atoms with E-state index in [0.29, 0.717) is 17.3 Å². The van der Waals surface area contributed by atoms with Gasteiger partial charge in [-0.25, -0.2) is 0 Å². The lowest BCUT2D eigenvalue weighted by Gasteiger charge is -1.95. The molecule has 2 heterocycles. The molecule has 5 heteroatoms. The Morgan fingerprint density at radius 2 is 1.77 bits per heavy atom. The van der Waals surface area contributed by atoms with Gasteiger partial charge >= 0.3 is 0 Å². The van der Waals surface area contributed by atoms with Crippen molar-refractivity contribution in [1.82, 2.24) is 25.4 Å². The van der Waals surface area contributed by atoms with Crippen molar-refractivity contribution in [3.63, 3.8) is 0 Å². The van der Waals surface area contributed by atoms with E-state index in [1.807, 2.05) is 18.2 Å². The van der Waals surface area contributed by atoms with Crippen molar-refractivity contribution in [3.05, 3.63) is 30.2 Å². The monoisotopic (exact) mass is 173 g/mol. The van der Waals surface area contributed by atoms with Crippen molar-refractivity contribution in [2.45, 2.75) is 6.92 Å². The first-order valence-corrected chi connectivity index (χ1v) is 3.81. The van der Waals surface area contributed by atoms with Crippen LogP contribution in [0.4, 0.5) is 0 Å².